The fraction of sp³-hybridized carbons (Fsp3) is 0.583. The van der Waals surface area contributed by atoms with Gasteiger partial charge in [-0.1, -0.05) is 0 Å². The summed E-state index contributed by atoms with van der Waals surface area (Å²) >= 11 is 0. The van der Waals surface area contributed by atoms with E-state index in [0.29, 0.717) is 24.7 Å². The van der Waals surface area contributed by atoms with E-state index in [1.807, 2.05) is 26.8 Å². The Morgan fingerprint density at radius 3 is 2.61 bits per heavy atom. The van der Waals surface area contributed by atoms with Crippen LogP contribution in [0.4, 0.5) is 10.6 Å². The number of carbonyl (C=O) groups excluding carboxylic acids is 1. The Balaban J connectivity index is 1.47. The lowest BCUT2D eigenvalue weighted by atomic mass is 9.93. The van der Waals surface area contributed by atoms with Crippen LogP contribution in [0.25, 0.3) is 10.9 Å². The molecule has 0 spiro atoms. The zero-order valence-electron chi connectivity index (χ0n) is 19.5. The molecule has 1 aliphatic heterocycles. The molecule has 1 saturated carbocycles. The highest BCUT2D eigenvalue weighted by atomic mass is 16.6. The number of carbonyl (C=O) groups is 1. The first-order valence-electron chi connectivity index (χ1n) is 11.5. The van der Waals surface area contributed by atoms with E-state index in [1.165, 1.54) is 0 Å². The number of hydrogen-bond donors (Lipinski definition) is 1. The summed E-state index contributed by atoms with van der Waals surface area (Å²) in [4.78, 5) is 23.5. The van der Waals surface area contributed by atoms with Crippen molar-refractivity contribution in [1.29, 1.82) is 5.26 Å². The highest BCUT2D eigenvalue weighted by Crippen LogP contribution is 2.31. The van der Waals surface area contributed by atoms with E-state index >= 15 is 0 Å². The molecule has 2 fully saturated rings. The maximum absolute atomic E-state index is 12.1. The average Bonchev–Trinajstić information content (AvgIpc) is 2.79. The molecule has 9 heteroatoms. The molecule has 1 saturated heterocycles. The first kappa shape index (κ1) is 23.1. The molecular weight excluding hydrogens is 422 g/mol. The lowest BCUT2D eigenvalue weighted by Gasteiger charge is -2.31. The zero-order valence-corrected chi connectivity index (χ0v) is 19.5. The molecule has 1 amide bonds. The summed E-state index contributed by atoms with van der Waals surface area (Å²) < 4.78 is 17.2. The van der Waals surface area contributed by atoms with Gasteiger partial charge in [-0.3, -0.25) is 4.98 Å². The van der Waals surface area contributed by atoms with Crippen molar-refractivity contribution < 1.29 is 19.0 Å². The van der Waals surface area contributed by atoms with Crippen LogP contribution < -0.4 is 15.0 Å². The Labute approximate surface area is 194 Å². The number of nitrogens with zero attached hydrogens (tertiary/aromatic N) is 4. The summed E-state index contributed by atoms with van der Waals surface area (Å²) in [5.41, 5.74) is 0.707. The van der Waals surface area contributed by atoms with Crippen LogP contribution in [0.15, 0.2) is 18.3 Å². The number of amides is 1. The molecule has 176 valence electrons. The second-order valence-corrected chi connectivity index (χ2v) is 9.53. The Bertz CT molecular complexity index is 1030. The number of hydrogen-bond acceptors (Lipinski definition) is 8. The van der Waals surface area contributed by atoms with Crippen molar-refractivity contribution in [3.05, 3.63) is 23.9 Å². The van der Waals surface area contributed by atoms with Crippen LogP contribution in [0.5, 0.6) is 5.88 Å². The Morgan fingerprint density at radius 2 is 1.94 bits per heavy atom. The predicted molar refractivity (Wildman–Crippen MR) is 123 cm³/mol. The molecule has 1 aliphatic carbocycles. The van der Waals surface area contributed by atoms with Gasteiger partial charge in [-0.2, -0.15) is 10.2 Å². The second kappa shape index (κ2) is 9.79. The van der Waals surface area contributed by atoms with Crippen molar-refractivity contribution in [2.24, 2.45) is 0 Å². The van der Waals surface area contributed by atoms with Crippen molar-refractivity contribution in [1.82, 2.24) is 15.3 Å². The van der Waals surface area contributed by atoms with E-state index in [4.69, 9.17) is 19.2 Å². The maximum atomic E-state index is 12.1. The fourth-order valence-corrected chi connectivity index (χ4v) is 4.14. The third-order valence-electron chi connectivity index (χ3n) is 5.77. The van der Waals surface area contributed by atoms with Crippen molar-refractivity contribution in [3.8, 4) is 11.9 Å². The molecule has 2 aliphatic rings. The van der Waals surface area contributed by atoms with Gasteiger partial charge in [-0.15, -0.1) is 0 Å². The minimum Gasteiger partial charge on any atom is -0.474 e. The second-order valence-electron chi connectivity index (χ2n) is 9.53. The summed E-state index contributed by atoms with van der Waals surface area (Å²) in [6, 6.07) is 5.93. The number of aromatic nitrogens is 2. The minimum absolute atomic E-state index is 0.0249. The summed E-state index contributed by atoms with van der Waals surface area (Å²) in [6.45, 7) is 8.40. The molecule has 0 unspecified atom stereocenters. The summed E-state index contributed by atoms with van der Waals surface area (Å²) in [7, 11) is 0. The number of alkyl carbamates (subject to hydrolysis) is 1. The van der Waals surface area contributed by atoms with E-state index in [0.717, 1.165) is 55.5 Å². The molecule has 0 aromatic carbocycles. The third-order valence-corrected chi connectivity index (χ3v) is 5.77. The Hall–Kier alpha value is -3.12. The molecule has 2 aromatic rings. The van der Waals surface area contributed by atoms with Gasteiger partial charge in [0.2, 0.25) is 5.88 Å². The predicted octanol–water partition coefficient (Wildman–Crippen LogP) is 3.55. The number of anilines is 1. The van der Waals surface area contributed by atoms with E-state index in [9.17, 15) is 10.1 Å². The Morgan fingerprint density at radius 1 is 1.21 bits per heavy atom. The molecule has 0 atom stereocenters. The van der Waals surface area contributed by atoms with Gasteiger partial charge in [0, 0.05) is 31.4 Å². The summed E-state index contributed by atoms with van der Waals surface area (Å²) in [5, 5.41) is 13.0. The van der Waals surface area contributed by atoms with Crippen LogP contribution in [0, 0.1) is 11.3 Å². The van der Waals surface area contributed by atoms with Crippen LogP contribution in [-0.2, 0) is 9.47 Å². The summed E-state index contributed by atoms with van der Waals surface area (Å²) in [5.74, 6) is 1.31. The molecule has 9 nitrogen and oxygen atoms in total. The van der Waals surface area contributed by atoms with E-state index < -0.39 is 5.60 Å². The number of rotatable bonds is 4. The van der Waals surface area contributed by atoms with Gasteiger partial charge in [-0.05, 0) is 52.5 Å². The molecule has 0 radical (unpaired) electrons. The molecule has 2 aromatic heterocycles. The van der Waals surface area contributed by atoms with Gasteiger partial charge in [0.05, 0.1) is 29.7 Å². The van der Waals surface area contributed by atoms with Crippen molar-refractivity contribution in [2.75, 3.05) is 31.2 Å². The van der Waals surface area contributed by atoms with Gasteiger partial charge in [-0.25, -0.2) is 4.79 Å². The Kier molecular flexibility index (Phi) is 6.84. The van der Waals surface area contributed by atoms with Crippen LogP contribution in [0.3, 0.4) is 0 Å². The standard InChI is InChI=1S/C24H31N5O4/c1-24(2,3)33-23(30)27-17-4-6-18(7-5-17)32-22-19-12-16(14-25)15-26-20(19)13-21(28-22)29-8-10-31-11-9-29/h12-13,15,17-18H,4-11H2,1-3H3,(H,27,30)/t17-,18+. The van der Waals surface area contributed by atoms with Gasteiger partial charge >= 0.3 is 6.09 Å². The van der Waals surface area contributed by atoms with Crippen LogP contribution in [0.2, 0.25) is 0 Å². The average molecular weight is 454 g/mol. The van der Waals surface area contributed by atoms with Gasteiger partial charge in [0.1, 0.15) is 23.6 Å². The number of nitriles is 1. The van der Waals surface area contributed by atoms with Crippen LogP contribution in [0.1, 0.15) is 52.0 Å². The number of ether oxygens (including phenoxy) is 3. The molecule has 0 bridgehead atoms. The number of morpholine rings is 1. The van der Waals surface area contributed by atoms with Crippen LogP contribution in [-0.4, -0.2) is 60.1 Å². The SMILES string of the molecule is CC(C)(C)OC(=O)N[C@H]1CC[C@@H](Oc2nc(N3CCOCC3)cc3ncc(C#N)cc23)CC1. The highest BCUT2D eigenvalue weighted by molar-refractivity contribution is 5.86. The first-order chi connectivity index (χ1) is 15.8. The first-order valence-corrected chi connectivity index (χ1v) is 11.5. The normalized spacial score (nSPS) is 21.3. The molecule has 4 rings (SSSR count). The number of pyridine rings is 2. The number of nitrogens with one attached hydrogen (secondary N) is 1. The van der Waals surface area contributed by atoms with Crippen molar-refractivity contribution >= 4 is 22.8 Å². The molecule has 3 heterocycles. The largest absolute Gasteiger partial charge is 0.474 e. The van der Waals surface area contributed by atoms with Crippen molar-refractivity contribution in [2.45, 2.75) is 64.2 Å². The quantitative estimate of drug-likeness (QED) is 0.748. The van der Waals surface area contributed by atoms with Gasteiger partial charge < -0.3 is 24.4 Å². The monoisotopic (exact) mass is 453 g/mol. The highest BCUT2D eigenvalue weighted by Gasteiger charge is 2.27. The van der Waals surface area contributed by atoms with Crippen LogP contribution >= 0.6 is 0 Å². The lowest BCUT2D eigenvalue weighted by Crippen LogP contribution is -2.42. The van der Waals surface area contributed by atoms with Crippen molar-refractivity contribution in [3.63, 3.8) is 0 Å². The van der Waals surface area contributed by atoms with Gasteiger partial charge in [0.25, 0.3) is 0 Å². The lowest BCUT2D eigenvalue weighted by molar-refractivity contribution is 0.0470. The summed E-state index contributed by atoms with van der Waals surface area (Å²) in [6.07, 6.45) is 4.34. The minimum atomic E-state index is -0.515. The van der Waals surface area contributed by atoms with E-state index in [2.05, 4.69) is 21.3 Å². The molecule has 1 N–H and O–H groups in total. The number of fused-ring (bicyclic) bond motifs is 1. The topological polar surface area (TPSA) is 110 Å². The van der Waals surface area contributed by atoms with E-state index in [1.54, 1.807) is 12.3 Å². The fourth-order valence-electron chi connectivity index (χ4n) is 4.14. The van der Waals surface area contributed by atoms with Gasteiger partial charge in [0.15, 0.2) is 0 Å². The molecule has 33 heavy (non-hydrogen) atoms. The zero-order chi connectivity index (χ0) is 23.4. The third kappa shape index (κ3) is 6.02. The maximum Gasteiger partial charge on any atom is 0.407 e. The smallest absolute Gasteiger partial charge is 0.407 e. The molecular formula is C24H31N5O4. The van der Waals surface area contributed by atoms with E-state index in [-0.39, 0.29) is 18.2 Å².